The van der Waals surface area contributed by atoms with E-state index in [1.807, 2.05) is 6.92 Å². The van der Waals surface area contributed by atoms with E-state index >= 15 is 0 Å². The molecule has 1 amide bonds. The van der Waals surface area contributed by atoms with Crippen molar-refractivity contribution in [3.8, 4) is 5.75 Å². The highest BCUT2D eigenvalue weighted by atomic mass is 35.5. The number of carbonyl (C=O) groups is 1. The number of hydrogen-bond acceptors (Lipinski definition) is 3. The summed E-state index contributed by atoms with van der Waals surface area (Å²) in [7, 11) is 0. The second-order valence-corrected chi connectivity index (χ2v) is 4.63. The summed E-state index contributed by atoms with van der Waals surface area (Å²) in [6, 6.07) is 5.24. The molecule has 0 saturated heterocycles. The monoisotopic (exact) mass is 284 g/mol. The third kappa shape index (κ3) is 5.94. The minimum atomic E-state index is -0.00255. The molecule has 0 atom stereocenters. The Morgan fingerprint density at radius 1 is 1.37 bits per heavy atom. The molecule has 0 radical (unpaired) electrons. The molecule has 0 aromatic heterocycles. The van der Waals surface area contributed by atoms with Gasteiger partial charge in [0, 0.05) is 12.1 Å². The number of anilines is 1. The number of hydrogen-bond donors (Lipinski definition) is 2. The van der Waals surface area contributed by atoms with Crippen LogP contribution in [0.25, 0.3) is 0 Å². The smallest absolute Gasteiger partial charge is 0.224 e. The highest BCUT2D eigenvalue weighted by Crippen LogP contribution is 2.27. The Morgan fingerprint density at radius 3 is 2.79 bits per heavy atom. The van der Waals surface area contributed by atoms with Crippen LogP contribution >= 0.6 is 11.6 Å². The number of carbonyl (C=O) groups excluding carboxylic acids is 1. The lowest BCUT2D eigenvalue weighted by atomic mass is 10.2. The second-order valence-electron chi connectivity index (χ2n) is 4.23. The van der Waals surface area contributed by atoms with E-state index in [1.165, 1.54) is 0 Å². The number of rotatable bonds is 8. The van der Waals surface area contributed by atoms with Gasteiger partial charge in [0.25, 0.3) is 0 Å². The second kappa shape index (κ2) is 8.77. The minimum Gasteiger partial charge on any atom is -0.492 e. The molecule has 1 rings (SSSR count). The quantitative estimate of drug-likeness (QED) is 0.721. The standard InChI is InChI=1S/C14H21ClN2O2/c1-2-19-13-8-7-11(10-12(13)15)17-14(18)6-4-3-5-9-16/h7-8,10H,2-6,9,16H2,1H3,(H,17,18). The number of halogens is 1. The molecule has 0 heterocycles. The van der Waals surface area contributed by atoms with Crippen molar-refractivity contribution in [3.63, 3.8) is 0 Å². The minimum absolute atomic E-state index is 0.00255. The summed E-state index contributed by atoms with van der Waals surface area (Å²) in [4.78, 5) is 11.7. The van der Waals surface area contributed by atoms with E-state index < -0.39 is 0 Å². The molecule has 0 spiro atoms. The maximum Gasteiger partial charge on any atom is 0.224 e. The predicted octanol–water partition coefficient (Wildman–Crippen LogP) is 3.20. The van der Waals surface area contributed by atoms with E-state index in [-0.39, 0.29) is 5.91 Å². The van der Waals surface area contributed by atoms with Crippen molar-refractivity contribution in [1.29, 1.82) is 0 Å². The van der Waals surface area contributed by atoms with Crippen LogP contribution in [0.2, 0.25) is 5.02 Å². The van der Waals surface area contributed by atoms with E-state index in [4.69, 9.17) is 22.1 Å². The number of nitrogens with one attached hydrogen (secondary N) is 1. The van der Waals surface area contributed by atoms with Gasteiger partial charge in [0.2, 0.25) is 5.91 Å². The predicted molar refractivity (Wildman–Crippen MR) is 78.8 cm³/mol. The zero-order valence-electron chi connectivity index (χ0n) is 11.2. The fraction of sp³-hybridized carbons (Fsp3) is 0.500. The molecule has 0 aliphatic carbocycles. The van der Waals surface area contributed by atoms with Gasteiger partial charge in [-0.05, 0) is 44.5 Å². The average molecular weight is 285 g/mol. The molecule has 0 fully saturated rings. The molecular weight excluding hydrogens is 264 g/mol. The van der Waals surface area contributed by atoms with Gasteiger partial charge in [-0.1, -0.05) is 18.0 Å². The SMILES string of the molecule is CCOc1ccc(NC(=O)CCCCCN)cc1Cl. The van der Waals surface area contributed by atoms with Crippen LogP contribution < -0.4 is 15.8 Å². The number of amides is 1. The van der Waals surface area contributed by atoms with Crippen LogP contribution in [0.5, 0.6) is 5.75 Å². The summed E-state index contributed by atoms with van der Waals surface area (Å²) in [5, 5.41) is 3.32. The van der Waals surface area contributed by atoms with E-state index in [1.54, 1.807) is 18.2 Å². The number of benzene rings is 1. The Labute approximate surface area is 119 Å². The van der Waals surface area contributed by atoms with Crippen LogP contribution in [0, 0.1) is 0 Å². The lowest BCUT2D eigenvalue weighted by Gasteiger charge is -2.09. The first kappa shape index (κ1) is 15.8. The fourth-order valence-electron chi connectivity index (χ4n) is 1.68. The molecule has 0 aliphatic heterocycles. The maximum absolute atomic E-state index is 11.7. The van der Waals surface area contributed by atoms with E-state index in [9.17, 15) is 4.79 Å². The van der Waals surface area contributed by atoms with Crippen LogP contribution in [-0.2, 0) is 4.79 Å². The van der Waals surface area contributed by atoms with Gasteiger partial charge in [-0.2, -0.15) is 0 Å². The summed E-state index contributed by atoms with van der Waals surface area (Å²) in [6.45, 7) is 3.13. The molecule has 1 aromatic rings. The molecule has 0 saturated carbocycles. The van der Waals surface area contributed by atoms with Gasteiger partial charge in [0.05, 0.1) is 11.6 Å². The molecular formula is C14H21ClN2O2. The Bertz CT molecular complexity index is 410. The largest absolute Gasteiger partial charge is 0.492 e. The summed E-state index contributed by atoms with van der Waals surface area (Å²) < 4.78 is 5.33. The maximum atomic E-state index is 11.7. The summed E-state index contributed by atoms with van der Waals surface area (Å²) >= 11 is 6.05. The number of unbranched alkanes of at least 4 members (excludes halogenated alkanes) is 2. The lowest BCUT2D eigenvalue weighted by molar-refractivity contribution is -0.116. The molecule has 0 bridgehead atoms. The van der Waals surface area contributed by atoms with E-state index in [2.05, 4.69) is 5.32 Å². The van der Waals surface area contributed by atoms with Crippen LogP contribution in [0.3, 0.4) is 0 Å². The van der Waals surface area contributed by atoms with E-state index in [0.717, 1.165) is 19.3 Å². The number of nitrogens with two attached hydrogens (primary N) is 1. The molecule has 0 aliphatic rings. The summed E-state index contributed by atoms with van der Waals surface area (Å²) in [6.07, 6.45) is 3.30. The van der Waals surface area contributed by atoms with Crippen LogP contribution in [0.1, 0.15) is 32.6 Å². The zero-order chi connectivity index (χ0) is 14.1. The topological polar surface area (TPSA) is 64.3 Å². The normalized spacial score (nSPS) is 10.3. The van der Waals surface area contributed by atoms with Gasteiger partial charge in [0.1, 0.15) is 5.75 Å². The first-order valence-corrected chi connectivity index (χ1v) is 6.97. The van der Waals surface area contributed by atoms with Gasteiger partial charge in [-0.15, -0.1) is 0 Å². The van der Waals surface area contributed by atoms with Crippen molar-refractivity contribution < 1.29 is 9.53 Å². The highest BCUT2D eigenvalue weighted by Gasteiger charge is 2.05. The fourth-order valence-corrected chi connectivity index (χ4v) is 1.92. The van der Waals surface area contributed by atoms with E-state index in [0.29, 0.717) is 36.0 Å². The van der Waals surface area contributed by atoms with Crippen molar-refractivity contribution in [2.75, 3.05) is 18.5 Å². The van der Waals surface area contributed by atoms with Gasteiger partial charge >= 0.3 is 0 Å². The lowest BCUT2D eigenvalue weighted by Crippen LogP contribution is -2.11. The third-order valence-electron chi connectivity index (χ3n) is 2.62. The van der Waals surface area contributed by atoms with Crippen molar-refractivity contribution in [2.24, 2.45) is 5.73 Å². The van der Waals surface area contributed by atoms with Crippen molar-refractivity contribution in [3.05, 3.63) is 23.2 Å². The summed E-state index contributed by atoms with van der Waals surface area (Å²) in [5.41, 5.74) is 6.09. The van der Waals surface area contributed by atoms with Crippen molar-refractivity contribution >= 4 is 23.2 Å². The first-order valence-electron chi connectivity index (χ1n) is 6.59. The van der Waals surface area contributed by atoms with Gasteiger partial charge in [-0.3, -0.25) is 4.79 Å². The van der Waals surface area contributed by atoms with Gasteiger partial charge in [-0.25, -0.2) is 0 Å². The highest BCUT2D eigenvalue weighted by molar-refractivity contribution is 6.32. The molecule has 3 N–H and O–H groups in total. The van der Waals surface area contributed by atoms with Crippen LogP contribution in [0.15, 0.2) is 18.2 Å². The Balaban J connectivity index is 2.44. The summed E-state index contributed by atoms with van der Waals surface area (Å²) in [5.74, 6) is 0.627. The van der Waals surface area contributed by atoms with Gasteiger partial charge in [0.15, 0.2) is 0 Å². The molecule has 0 unspecified atom stereocenters. The number of ether oxygens (including phenoxy) is 1. The molecule has 19 heavy (non-hydrogen) atoms. The Morgan fingerprint density at radius 2 is 2.16 bits per heavy atom. The Hall–Kier alpha value is -1.26. The zero-order valence-corrected chi connectivity index (χ0v) is 12.0. The van der Waals surface area contributed by atoms with Crippen molar-refractivity contribution in [2.45, 2.75) is 32.6 Å². The third-order valence-corrected chi connectivity index (χ3v) is 2.92. The molecule has 4 nitrogen and oxygen atoms in total. The van der Waals surface area contributed by atoms with Crippen LogP contribution in [-0.4, -0.2) is 19.1 Å². The molecule has 1 aromatic carbocycles. The average Bonchev–Trinajstić information content (AvgIpc) is 2.38. The van der Waals surface area contributed by atoms with Crippen molar-refractivity contribution in [1.82, 2.24) is 0 Å². The molecule has 106 valence electrons. The first-order chi connectivity index (χ1) is 9.17. The Kier molecular flexibility index (Phi) is 7.30. The van der Waals surface area contributed by atoms with Gasteiger partial charge < -0.3 is 15.8 Å². The van der Waals surface area contributed by atoms with Crippen LogP contribution in [0.4, 0.5) is 5.69 Å². The molecule has 5 heteroatoms.